The van der Waals surface area contributed by atoms with Crippen LogP contribution >= 0.6 is 11.6 Å². The number of amides is 1. The van der Waals surface area contributed by atoms with E-state index in [0.717, 1.165) is 22.2 Å². The summed E-state index contributed by atoms with van der Waals surface area (Å²) in [5.41, 5.74) is 3.54. The van der Waals surface area contributed by atoms with Crippen molar-refractivity contribution in [1.82, 2.24) is 14.8 Å². The van der Waals surface area contributed by atoms with Crippen LogP contribution in [-0.2, 0) is 26.7 Å². The molecule has 4 aromatic rings. The Kier molecular flexibility index (Phi) is 7.98. The molecule has 1 heterocycles. The lowest BCUT2D eigenvalue weighted by Gasteiger charge is -2.22. The summed E-state index contributed by atoms with van der Waals surface area (Å²) >= 11 is 5.92. The number of halogens is 1. The summed E-state index contributed by atoms with van der Waals surface area (Å²) in [7, 11) is 1.82. The smallest absolute Gasteiger partial charge is 0.257 e. The molecule has 1 amide bonds. The number of nitrogens with one attached hydrogen (secondary N) is 1. The molecule has 0 unspecified atom stereocenters. The van der Waals surface area contributed by atoms with Gasteiger partial charge in [-0.2, -0.15) is 0 Å². The number of aliphatic hydroxyl groups is 1. The van der Waals surface area contributed by atoms with Gasteiger partial charge in [0, 0.05) is 49.8 Å². The minimum Gasteiger partial charge on any atom is -0.395 e. The fourth-order valence-electron chi connectivity index (χ4n) is 4.13. The molecule has 0 fully saturated rings. The minimum atomic E-state index is -0.418. The second-order valence-corrected chi connectivity index (χ2v) is 9.00. The van der Waals surface area contributed by atoms with E-state index in [1.54, 1.807) is 22.9 Å². The maximum atomic E-state index is 13.3. The summed E-state index contributed by atoms with van der Waals surface area (Å²) in [4.78, 5) is 28.3. The Morgan fingerprint density at radius 1 is 0.971 bits per heavy atom. The number of hydrogen-bond acceptors (Lipinski definition) is 4. The van der Waals surface area contributed by atoms with E-state index in [-0.39, 0.29) is 17.6 Å². The first kappa shape index (κ1) is 24.7. The highest BCUT2D eigenvalue weighted by Gasteiger charge is 2.16. The minimum absolute atomic E-state index is 0.0418. The zero-order valence-electron chi connectivity index (χ0n) is 19.6. The van der Waals surface area contributed by atoms with E-state index in [0.29, 0.717) is 36.6 Å². The Balaban J connectivity index is 1.57. The molecule has 3 aromatic carbocycles. The van der Waals surface area contributed by atoms with Crippen molar-refractivity contribution in [3.63, 3.8) is 0 Å². The van der Waals surface area contributed by atoms with E-state index in [1.807, 2.05) is 55.6 Å². The van der Waals surface area contributed by atoms with Crippen molar-refractivity contribution < 1.29 is 9.90 Å². The summed E-state index contributed by atoms with van der Waals surface area (Å²) in [6.07, 6.45) is 1.58. The largest absolute Gasteiger partial charge is 0.395 e. The SMILES string of the molecule is Cn1cc(C(=O)NCc2ccc(Cl)cc2)c(=O)c2cc(CN(CCO)Cc3ccccc3)ccc21. The molecule has 0 spiro atoms. The van der Waals surface area contributed by atoms with Crippen LogP contribution in [0.15, 0.2) is 83.8 Å². The third-order valence-electron chi connectivity index (χ3n) is 5.94. The van der Waals surface area contributed by atoms with Crippen LogP contribution in [0.25, 0.3) is 10.9 Å². The predicted molar refractivity (Wildman–Crippen MR) is 139 cm³/mol. The van der Waals surface area contributed by atoms with Crippen LogP contribution in [-0.4, -0.2) is 33.6 Å². The van der Waals surface area contributed by atoms with E-state index in [9.17, 15) is 14.7 Å². The highest BCUT2D eigenvalue weighted by molar-refractivity contribution is 6.30. The van der Waals surface area contributed by atoms with Gasteiger partial charge in [0.1, 0.15) is 5.56 Å². The van der Waals surface area contributed by atoms with Gasteiger partial charge in [-0.25, -0.2) is 0 Å². The van der Waals surface area contributed by atoms with Gasteiger partial charge in [0.2, 0.25) is 5.43 Å². The molecule has 0 saturated heterocycles. The van der Waals surface area contributed by atoms with Crippen molar-refractivity contribution in [3.05, 3.63) is 116 Å². The second kappa shape index (κ2) is 11.3. The van der Waals surface area contributed by atoms with Crippen LogP contribution in [0, 0.1) is 0 Å². The van der Waals surface area contributed by atoms with Gasteiger partial charge < -0.3 is 15.0 Å². The average molecular weight is 490 g/mol. The summed E-state index contributed by atoms with van der Waals surface area (Å²) in [6, 6.07) is 23.0. The molecule has 4 rings (SSSR count). The summed E-state index contributed by atoms with van der Waals surface area (Å²) in [6.45, 7) is 2.11. The standard InChI is InChI=1S/C28H28ClN3O3/c1-31-19-25(28(35)30-16-20-7-10-23(29)11-8-20)27(34)24-15-22(9-12-26(24)31)18-32(13-14-33)17-21-5-3-2-4-6-21/h2-12,15,19,33H,13-14,16-18H2,1H3,(H,30,35). The fraction of sp³-hybridized carbons (Fsp3) is 0.214. The van der Waals surface area contributed by atoms with Gasteiger partial charge in [-0.3, -0.25) is 14.5 Å². The summed E-state index contributed by atoms with van der Waals surface area (Å²) < 4.78 is 1.80. The number of aliphatic hydroxyl groups excluding tert-OH is 1. The first-order chi connectivity index (χ1) is 16.9. The summed E-state index contributed by atoms with van der Waals surface area (Å²) in [5, 5.41) is 13.5. The van der Waals surface area contributed by atoms with Crippen LogP contribution in [0.5, 0.6) is 0 Å². The number of rotatable bonds is 9. The van der Waals surface area contributed by atoms with Gasteiger partial charge in [0.25, 0.3) is 5.91 Å². The zero-order valence-corrected chi connectivity index (χ0v) is 20.3. The molecule has 0 atom stereocenters. The van der Waals surface area contributed by atoms with Crippen LogP contribution in [0.2, 0.25) is 5.02 Å². The lowest BCUT2D eigenvalue weighted by Crippen LogP contribution is -2.29. The molecular formula is C28H28ClN3O3. The number of fused-ring (bicyclic) bond motifs is 1. The lowest BCUT2D eigenvalue weighted by atomic mass is 10.1. The lowest BCUT2D eigenvalue weighted by molar-refractivity contribution is 0.0949. The van der Waals surface area contributed by atoms with E-state index in [1.165, 1.54) is 0 Å². The molecule has 0 aliphatic heterocycles. The normalized spacial score (nSPS) is 11.2. The molecule has 1 aromatic heterocycles. The maximum absolute atomic E-state index is 13.3. The monoisotopic (exact) mass is 489 g/mol. The van der Waals surface area contributed by atoms with Gasteiger partial charge in [-0.05, 0) is 41.0 Å². The van der Waals surface area contributed by atoms with Crippen molar-refractivity contribution in [2.75, 3.05) is 13.2 Å². The molecule has 2 N–H and O–H groups in total. The number of pyridine rings is 1. The van der Waals surface area contributed by atoms with Crippen molar-refractivity contribution >= 4 is 28.4 Å². The third kappa shape index (κ3) is 6.17. The van der Waals surface area contributed by atoms with Crippen LogP contribution in [0.1, 0.15) is 27.0 Å². The van der Waals surface area contributed by atoms with Crippen molar-refractivity contribution in [3.8, 4) is 0 Å². The number of aryl methyl sites for hydroxylation is 1. The number of benzene rings is 3. The highest BCUT2D eigenvalue weighted by Crippen LogP contribution is 2.17. The number of aromatic nitrogens is 1. The molecule has 0 aliphatic rings. The number of hydrogen-bond donors (Lipinski definition) is 2. The zero-order chi connectivity index (χ0) is 24.8. The Morgan fingerprint density at radius 2 is 1.66 bits per heavy atom. The Bertz CT molecular complexity index is 1370. The fourth-order valence-corrected chi connectivity index (χ4v) is 4.26. The van der Waals surface area contributed by atoms with Gasteiger partial charge in [-0.15, -0.1) is 0 Å². The molecule has 0 aliphatic carbocycles. The van der Waals surface area contributed by atoms with E-state index in [2.05, 4.69) is 22.3 Å². The maximum Gasteiger partial charge on any atom is 0.257 e. The average Bonchev–Trinajstić information content (AvgIpc) is 2.86. The highest BCUT2D eigenvalue weighted by atomic mass is 35.5. The molecule has 7 heteroatoms. The van der Waals surface area contributed by atoms with Crippen molar-refractivity contribution in [1.29, 1.82) is 0 Å². The van der Waals surface area contributed by atoms with Gasteiger partial charge in [0.05, 0.1) is 12.1 Å². The quantitative estimate of drug-likeness (QED) is 0.371. The van der Waals surface area contributed by atoms with E-state index in [4.69, 9.17) is 11.6 Å². The second-order valence-electron chi connectivity index (χ2n) is 8.56. The van der Waals surface area contributed by atoms with Crippen LogP contribution < -0.4 is 10.7 Å². The first-order valence-electron chi connectivity index (χ1n) is 11.5. The van der Waals surface area contributed by atoms with Gasteiger partial charge in [-0.1, -0.05) is 60.1 Å². The Hall–Kier alpha value is -3.45. The molecule has 180 valence electrons. The van der Waals surface area contributed by atoms with E-state index >= 15 is 0 Å². The Labute approximate surface area is 209 Å². The van der Waals surface area contributed by atoms with Crippen molar-refractivity contribution in [2.45, 2.75) is 19.6 Å². The van der Waals surface area contributed by atoms with Gasteiger partial charge in [0.15, 0.2) is 0 Å². The molecule has 35 heavy (non-hydrogen) atoms. The van der Waals surface area contributed by atoms with Crippen molar-refractivity contribution in [2.24, 2.45) is 7.05 Å². The molecular weight excluding hydrogens is 462 g/mol. The predicted octanol–water partition coefficient (Wildman–Crippen LogP) is 4.12. The van der Waals surface area contributed by atoms with Crippen LogP contribution in [0.3, 0.4) is 0 Å². The third-order valence-corrected chi connectivity index (χ3v) is 6.19. The van der Waals surface area contributed by atoms with E-state index < -0.39 is 5.91 Å². The van der Waals surface area contributed by atoms with Gasteiger partial charge >= 0.3 is 0 Å². The Morgan fingerprint density at radius 3 is 2.37 bits per heavy atom. The number of carbonyl (C=O) groups is 1. The van der Waals surface area contributed by atoms with Crippen LogP contribution in [0.4, 0.5) is 0 Å². The first-order valence-corrected chi connectivity index (χ1v) is 11.8. The molecule has 0 radical (unpaired) electrons. The topological polar surface area (TPSA) is 74.6 Å². The molecule has 0 saturated carbocycles. The number of nitrogens with zero attached hydrogens (tertiary/aromatic N) is 2. The molecule has 0 bridgehead atoms. The molecule has 6 nitrogen and oxygen atoms in total. The summed E-state index contributed by atoms with van der Waals surface area (Å²) in [5.74, 6) is -0.418. The number of carbonyl (C=O) groups excluding carboxylic acids is 1.